The van der Waals surface area contributed by atoms with Crippen molar-refractivity contribution in [2.45, 2.75) is 25.8 Å². The molecule has 3 aromatic rings. The van der Waals surface area contributed by atoms with Gasteiger partial charge in [-0.1, -0.05) is 13.0 Å². The van der Waals surface area contributed by atoms with Crippen LogP contribution in [0.5, 0.6) is 0 Å². The Balaban J connectivity index is 1.60. The van der Waals surface area contributed by atoms with Crippen LogP contribution in [-0.4, -0.2) is 44.3 Å². The Labute approximate surface area is 176 Å². The summed E-state index contributed by atoms with van der Waals surface area (Å²) in [6, 6.07) is 4.09. The molecule has 4 N–H and O–H groups in total. The Morgan fingerprint density at radius 1 is 1.23 bits per heavy atom. The van der Waals surface area contributed by atoms with Crippen molar-refractivity contribution >= 4 is 34.3 Å². The third-order valence-electron chi connectivity index (χ3n) is 5.50. The van der Waals surface area contributed by atoms with Crippen molar-refractivity contribution in [3.8, 4) is 0 Å². The highest BCUT2D eigenvalue weighted by Crippen LogP contribution is 2.36. The van der Waals surface area contributed by atoms with Gasteiger partial charge in [0, 0.05) is 18.3 Å². The molecule has 160 valence electrons. The average molecular weight is 424 g/mol. The Bertz CT molecular complexity index is 1180. The van der Waals surface area contributed by atoms with Crippen molar-refractivity contribution < 1.29 is 18.8 Å². The highest BCUT2D eigenvalue weighted by Gasteiger charge is 2.36. The molecule has 0 unspecified atom stereocenters. The summed E-state index contributed by atoms with van der Waals surface area (Å²) >= 11 is 0. The number of amides is 3. The number of aromatic amines is 1. The molecule has 0 spiro atoms. The van der Waals surface area contributed by atoms with Crippen LogP contribution in [0.4, 0.5) is 10.1 Å². The van der Waals surface area contributed by atoms with Crippen LogP contribution in [-0.2, 0) is 9.59 Å². The van der Waals surface area contributed by atoms with Crippen molar-refractivity contribution in [3.63, 3.8) is 0 Å². The number of pyridine rings is 1. The molecule has 10 heteroatoms. The molecule has 3 heterocycles. The van der Waals surface area contributed by atoms with E-state index in [1.807, 2.05) is 6.92 Å². The van der Waals surface area contributed by atoms with Gasteiger partial charge in [-0.25, -0.2) is 4.39 Å². The Morgan fingerprint density at radius 2 is 2.03 bits per heavy atom. The molecule has 1 aliphatic heterocycles. The number of rotatable bonds is 3. The minimum atomic E-state index is -0.896. The Kier molecular flexibility index (Phi) is 5.37. The summed E-state index contributed by atoms with van der Waals surface area (Å²) in [5.74, 6) is -2.68. The monoisotopic (exact) mass is 424 g/mol. The van der Waals surface area contributed by atoms with E-state index >= 15 is 4.39 Å². The molecular formula is C21H21FN6O3. The van der Waals surface area contributed by atoms with E-state index in [2.05, 4.69) is 20.5 Å². The maximum atomic E-state index is 15.1. The van der Waals surface area contributed by atoms with E-state index in [0.29, 0.717) is 29.4 Å². The van der Waals surface area contributed by atoms with Gasteiger partial charge < -0.3 is 16.0 Å². The molecule has 0 radical (unpaired) electrons. The van der Waals surface area contributed by atoms with Crippen LogP contribution in [0.15, 0.2) is 36.8 Å². The SMILES string of the molecule is C[C@H]1CC[C@H](c2ccc3[nH]ncc3c2F)N(C(=O)C(=O)Nc2cncc(C(N)=O)c2)C1. The van der Waals surface area contributed by atoms with Crippen LogP contribution in [0.3, 0.4) is 0 Å². The van der Waals surface area contributed by atoms with Crippen LogP contribution < -0.4 is 11.1 Å². The first-order valence-electron chi connectivity index (χ1n) is 9.83. The lowest BCUT2D eigenvalue weighted by atomic mass is 9.89. The Morgan fingerprint density at radius 3 is 2.81 bits per heavy atom. The zero-order valence-corrected chi connectivity index (χ0v) is 16.8. The summed E-state index contributed by atoms with van der Waals surface area (Å²) in [5, 5.41) is 9.36. The van der Waals surface area contributed by atoms with Crippen LogP contribution in [0.25, 0.3) is 10.9 Å². The molecule has 2 aromatic heterocycles. The molecule has 2 atom stereocenters. The van der Waals surface area contributed by atoms with Gasteiger partial charge in [-0.2, -0.15) is 5.10 Å². The lowest BCUT2D eigenvalue weighted by molar-refractivity contribution is -0.146. The molecule has 3 amide bonds. The molecule has 1 aromatic carbocycles. The van der Waals surface area contributed by atoms with E-state index in [4.69, 9.17) is 5.73 Å². The lowest BCUT2D eigenvalue weighted by Gasteiger charge is -2.38. The van der Waals surface area contributed by atoms with Crippen LogP contribution >= 0.6 is 0 Å². The van der Waals surface area contributed by atoms with E-state index in [-0.39, 0.29) is 17.2 Å². The van der Waals surface area contributed by atoms with Gasteiger partial charge in [-0.05, 0) is 30.9 Å². The normalized spacial score (nSPS) is 18.7. The summed E-state index contributed by atoms with van der Waals surface area (Å²) in [6.45, 7) is 2.30. The number of nitrogens with two attached hydrogens (primary N) is 1. The Hall–Kier alpha value is -3.82. The highest BCUT2D eigenvalue weighted by atomic mass is 19.1. The second-order valence-corrected chi connectivity index (χ2v) is 7.74. The van der Waals surface area contributed by atoms with E-state index in [0.717, 1.165) is 6.42 Å². The third kappa shape index (κ3) is 3.96. The van der Waals surface area contributed by atoms with Gasteiger partial charge >= 0.3 is 11.8 Å². The molecule has 1 fully saturated rings. The van der Waals surface area contributed by atoms with E-state index in [9.17, 15) is 14.4 Å². The molecule has 31 heavy (non-hydrogen) atoms. The zero-order valence-electron chi connectivity index (χ0n) is 16.8. The van der Waals surface area contributed by atoms with Crippen LogP contribution in [0.2, 0.25) is 0 Å². The number of piperidine rings is 1. The van der Waals surface area contributed by atoms with Crippen molar-refractivity contribution in [1.29, 1.82) is 0 Å². The number of nitrogens with one attached hydrogen (secondary N) is 2. The minimum Gasteiger partial charge on any atom is -0.366 e. The maximum absolute atomic E-state index is 15.1. The second kappa shape index (κ2) is 8.13. The maximum Gasteiger partial charge on any atom is 0.313 e. The van der Waals surface area contributed by atoms with E-state index in [1.54, 1.807) is 12.1 Å². The van der Waals surface area contributed by atoms with Gasteiger partial charge in [-0.15, -0.1) is 0 Å². The largest absolute Gasteiger partial charge is 0.366 e. The first-order chi connectivity index (χ1) is 14.8. The smallest absolute Gasteiger partial charge is 0.313 e. The fourth-order valence-corrected chi connectivity index (χ4v) is 3.92. The topological polar surface area (TPSA) is 134 Å². The number of carbonyl (C=O) groups is 3. The molecule has 0 aliphatic carbocycles. The van der Waals surface area contributed by atoms with Gasteiger partial charge in [0.1, 0.15) is 5.82 Å². The number of likely N-dealkylation sites (tertiary alicyclic amines) is 1. The summed E-state index contributed by atoms with van der Waals surface area (Å²) in [7, 11) is 0. The number of hydrogen-bond acceptors (Lipinski definition) is 5. The van der Waals surface area contributed by atoms with Crippen molar-refractivity contribution in [1.82, 2.24) is 20.1 Å². The van der Waals surface area contributed by atoms with Crippen LogP contribution in [0, 0.1) is 11.7 Å². The van der Waals surface area contributed by atoms with Gasteiger partial charge in [-0.3, -0.25) is 24.5 Å². The summed E-state index contributed by atoms with van der Waals surface area (Å²) in [5.41, 5.74) is 6.40. The van der Waals surface area contributed by atoms with Gasteiger partial charge in [0.25, 0.3) is 0 Å². The molecule has 0 bridgehead atoms. The summed E-state index contributed by atoms with van der Waals surface area (Å²) in [6.07, 6.45) is 5.29. The number of aromatic nitrogens is 3. The number of benzene rings is 1. The lowest BCUT2D eigenvalue weighted by Crippen LogP contribution is -2.46. The van der Waals surface area contributed by atoms with Crippen molar-refractivity contribution in [3.05, 3.63) is 53.7 Å². The predicted molar refractivity (Wildman–Crippen MR) is 110 cm³/mol. The minimum absolute atomic E-state index is 0.102. The van der Waals surface area contributed by atoms with E-state index < -0.39 is 29.6 Å². The summed E-state index contributed by atoms with van der Waals surface area (Å²) < 4.78 is 15.1. The first kappa shape index (κ1) is 20.5. The number of H-pyrrole nitrogens is 1. The van der Waals surface area contributed by atoms with Crippen molar-refractivity contribution in [2.24, 2.45) is 11.7 Å². The van der Waals surface area contributed by atoms with Crippen molar-refractivity contribution in [2.75, 3.05) is 11.9 Å². The first-order valence-corrected chi connectivity index (χ1v) is 9.83. The quantitative estimate of drug-likeness (QED) is 0.554. The number of primary amides is 1. The fraction of sp³-hybridized carbons (Fsp3) is 0.286. The standard InChI is InChI=1S/C21H21FN6O3/c1-11-2-5-17(14-3-4-16-15(18(14)22)9-25-27-16)28(10-11)21(31)20(30)26-13-6-12(19(23)29)7-24-8-13/h3-4,6-9,11,17H,2,5,10H2,1H3,(H2,23,29)(H,25,27)(H,26,30)/t11-,17+/m0/s1. The van der Waals surface area contributed by atoms with Gasteiger partial charge in [0.15, 0.2) is 0 Å². The summed E-state index contributed by atoms with van der Waals surface area (Å²) in [4.78, 5) is 42.3. The van der Waals surface area contributed by atoms with Crippen LogP contribution in [0.1, 0.15) is 41.7 Å². The molecule has 4 rings (SSSR count). The number of carbonyl (C=O) groups excluding carboxylic acids is 3. The fourth-order valence-electron chi connectivity index (χ4n) is 3.92. The second-order valence-electron chi connectivity index (χ2n) is 7.74. The van der Waals surface area contributed by atoms with E-state index in [1.165, 1.54) is 29.6 Å². The highest BCUT2D eigenvalue weighted by molar-refractivity contribution is 6.39. The predicted octanol–water partition coefficient (Wildman–Crippen LogP) is 2.13. The molecule has 9 nitrogen and oxygen atoms in total. The third-order valence-corrected chi connectivity index (χ3v) is 5.50. The van der Waals surface area contributed by atoms with Gasteiger partial charge in [0.05, 0.1) is 40.6 Å². The zero-order chi connectivity index (χ0) is 22.1. The average Bonchev–Trinajstić information content (AvgIpc) is 3.24. The number of hydrogen-bond donors (Lipinski definition) is 3. The molecule has 0 saturated carbocycles. The number of fused-ring (bicyclic) bond motifs is 1. The van der Waals surface area contributed by atoms with Gasteiger partial charge in [0.2, 0.25) is 5.91 Å². The molecule has 1 aliphatic rings. The number of anilines is 1. The molecule has 1 saturated heterocycles. The molecular weight excluding hydrogens is 403 g/mol. The number of halogens is 1. The number of nitrogens with zero attached hydrogens (tertiary/aromatic N) is 3.